The van der Waals surface area contributed by atoms with Crippen molar-refractivity contribution in [1.29, 1.82) is 0 Å². The maximum absolute atomic E-state index is 13.2. The number of hydrogen-bond donors (Lipinski definition) is 2. The Morgan fingerprint density at radius 2 is 1.81 bits per heavy atom. The number of sulfonamides is 1. The van der Waals surface area contributed by atoms with Crippen LogP contribution in [0.15, 0.2) is 53.4 Å². The number of benzene rings is 2. The van der Waals surface area contributed by atoms with Crippen LogP contribution in [0.2, 0.25) is 0 Å². The topological polar surface area (TPSA) is 87.7 Å². The van der Waals surface area contributed by atoms with Gasteiger partial charge in [0.05, 0.1) is 24.1 Å². The van der Waals surface area contributed by atoms with Gasteiger partial charge in [-0.2, -0.15) is 0 Å². The molecule has 8 heteroatoms. The lowest BCUT2D eigenvalue weighted by molar-refractivity contribution is -0.124. The van der Waals surface area contributed by atoms with E-state index in [-0.39, 0.29) is 17.0 Å². The molecule has 0 aliphatic carbocycles. The number of likely N-dealkylation sites (tertiary alicyclic amines) is 1. The van der Waals surface area contributed by atoms with Gasteiger partial charge in [-0.05, 0) is 44.0 Å². The Morgan fingerprint density at radius 1 is 1.13 bits per heavy atom. The van der Waals surface area contributed by atoms with Gasteiger partial charge in [0.15, 0.2) is 0 Å². The molecule has 2 aromatic carbocycles. The van der Waals surface area contributed by atoms with Gasteiger partial charge in [0.25, 0.3) is 0 Å². The summed E-state index contributed by atoms with van der Waals surface area (Å²) in [5, 5.41) is 3.17. The number of nitrogens with zero attached hydrogens (tertiary/aromatic N) is 1. The van der Waals surface area contributed by atoms with Gasteiger partial charge in [-0.15, -0.1) is 0 Å². The molecule has 2 unspecified atom stereocenters. The summed E-state index contributed by atoms with van der Waals surface area (Å²) in [7, 11) is -0.922. The first-order valence-electron chi connectivity index (χ1n) is 10.6. The maximum Gasteiger partial charge on any atom is 0.240 e. The monoisotopic (exact) mass is 445 g/mol. The van der Waals surface area contributed by atoms with E-state index in [2.05, 4.69) is 27.1 Å². The molecule has 2 aromatic rings. The van der Waals surface area contributed by atoms with E-state index in [0.29, 0.717) is 17.7 Å². The average Bonchev–Trinajstić information content (AvgIpc) is 3.33. The van der Waals surface area contributed by atoms with Crippen LogP contribution in [-0.2, 0) is 21.2 Å². The second-order valence-corrected chi connectivity index (χ2v) is 9.65. The number of carbonyl (C=O) groups excluding carboxylic acids is 1. The summed E-state index contributed by atoms with van der Waals surface area (Å²) < 4.78 is 32.7. The second-order valence-electron chi connectivity index (χ2n) is 7.79. The zero-order chi connectivity index (χ0) is 22.4. The minimum Gasteiger partial charge on any atom is -0.497 e. The van der Waals surface area contributed by atoms with Gasteiger partial charge in [-0.25, -0.2) is 13.1 Å². The van der Waals surface area contributed by atoms with E-state index in [1.54, 1.807) is 19.1 Å². The fraction of sp³-hybridized carbons (Fsp3) is 0.435. The van der Waals surface area contributed by atoms with E-state index in [9.17, 15) is 13.2 Å². The summed E-state index contributed by atoms with van der Waals surface area (Å²) in [6.45, 7) is 3.61. The molecule has 1 aliphatic heterocycles. The SMILES string of the molecule is CNS(=O)(=O)c1cc(OC)ccc1C(C)C(=O)NC(Cc1ccccc1)N1CCCC1. The Morgan fingerprint density at radius 3 is 2.42 bits per heavy atom. The van der Waals surface area contributed by atoms with Crippen LogP contribution in [-0.4, -0.2) is 52.6 Å². The zero-order valence-corrected chi connectivity index (χ0v) is 19.1. The molecule has 1 heterocycles. The highest BCUT2D eigenvalue weighted by atomic mass is 32.2. The molecule has 31 heavy (non-hydrogen) atoms. The van der Waals surface area contributed by atoms with E-state index >= 15 is 0 Å². The van der Waals surface area contributed by atoms with E-state index in [1.165, 1.54) is 20.2 Å². The molecule has 2 atom stereocenters. The smallest absolute Gasteiger partial charge is 0.240 e. The van der Waals surface area contributed by atoms with Crippen molar-refractivity contribution in [2.24, 2.45) is 0 Å². The van der Waals surface area contributed by atoms with Crippen molar-refractivity contribution in [1.82, 2.24) is 14.9 Å². The quantitative estimate of drug-likeness (QED) is 0.619. The fourth-order valence-electron chi connectivity index (χ4n) is 3.93. The molecule has 0 radical (unpaired) electrons. The number of nitrogens with one attached hydrogen (secondary N) is 2. The van der Waals surface area contributed by atoms with Crippen LogP contribution in [0.25, 0.3) is 0 Å². The van der Waals surface area contributed by atoms with Crippen molar-refractivity contribution >= 4 is 15.9 Å². The standard InChI is InChI=1S/C23H31N3O4S/c1-17(20-12-11-19(30-3)16-21(20)31(28,29)24-2)23(27)25-22(26-13-7-8-14-26)15-18-9-5-4-6-10-18/h4-6,9-12,16-17,22,24H,7-8,13-15H2,1-3H3,(H,25,27). The summed E-state index contributed by atoms with van der Waals surface area (Å²) in [6, 6.07) is 14.8. The van der Waals surface area contributed by atoms with E-state index < -0.39 is 15.9 Å². The number of hydrogen-bond acceptors (Lipinski definition) is 5. The average molecular weight is 446 g/mol. The third kappa shape index (κ3) is 5.64. The second kappa shape index (κ2) is 10.3. The van der Waals surface area contributed by atoms with Gasteiger partial charge in [0.1, 0.15) is 5.75 Å². The summed E-state index contributed by atoms with van der Waals surface area (Å²) >= 11 is 0. The van der Waals surface area contributed by atoms with E-state index in [0.717, 1.165) is 31.5 Å². The van der Waals surface area contributed by atoms with Crippen LogP contribution in [0.5, 0.6) is 5.75 Å². The largest absolute Gasteiger partial charge is 0.497 e. The lowest BCUT2D eigenvalue weighted by atomic mass is 9.99. The molecule has 168 valence electrons. The first kappa shape index (κ1) is 23.2. The molecule has 0 bridgehead atoms. The fourth-order valence-corrected chi connectivity index (χ4v) is 4.98. The number of amides is 1. The predicted octanol–water partition coefficient (Wildman–Crippen LogP) is 2.49. The molecule has 3 rings (SSSR count). The molecule has 0 spiro atoms. The predicted molar refractivity (Wildman–Crippen MR) is 121 cm³/mol. The van der Waals surface area contributed by atoms with Gasteiger partial charge in [-0.3, -0.25) is 9.69 Å². The highest BCUT2D eigenvalue weighted by molar-refractivity contribution is 7.89. The van der Waals surface area contributed by atoms with Gasteiger partial charge >= 0.3 is 0 Å². The van der Waals surface area contributed by atoms with Crippen molar-refractivity contribution in [3.8, 4) is 5.75 Å². The maximum atomic E-state index is 13.2. The van der Waals surface area contributed by atoms with Crippen LogP contribution in [0.3, 0.4) is 0 Å². The minimum absolute atomic E-state index is 0.0535. The van der Waals surface area contributed by atoms with Gasteiger partial charge < -0.3 is 10.1 Å². The zero-order valence-electron chi connectivity index (χ0n) is 18.3. The van der Waals surface area contributed by atoms with Crippen molar-refractivity contribution in [3.05, 3.63) is 59.7 Å². The molecule has 1 amide bonds. The van der Waals surface area contributed by atoms with Crippen LogP contribution in [0, 0.1) is 0 Å². The van der Waals surface area contributed by atoms with Crippen LogP contribution in [0.1, 0.15) is 36.8 Å². The van der Waals surface area contributed by atoms with Crippen molar-refractivity contribution in [3.63, 3.8) is 0 Å². The first-order valence-corrected chi connectivity index (χ1v) is 12.0. The Bertz CT molecular complexity index is 989. The molecular formula is C23H31N3O4S. The van der Waals surface area contributed by atoms with E-state index in [1.807, 2.05) is 18.2 Å². The third-order valence-corrected chi connectivity index (χ3v) is 7.27. The number of rotatable bonds is 9. The molecule has 7 nitrogen and oxygen atoms in total. The molecule has 0 saturated carbocycles. The van der Waals surface area contributed by atoms with Gasteiger partial charge in [0, 0.05) is 25.6 Å². The van der Waals surface area contributed by atoms with Crippen LogP contribution < -0.4 is 14.8 Å². The molecular weight excluding hydrogens is 414 g/mol. The molecule has 2 N–H and O–H groups in total. The summed E-state index contributed by atoms with van der Waals surface area (Å²) in [5.41, 5.74) is 1.59. The Hall–Kier alpha value is -2.42. The van der Waals surface area contributed by atoms with Gasteiger partial charge in [-0.1, -0.05) is 36.4 Å². The highest BCUT2D eigenvalue weighted by Crippen LogP contribution is 2.28. The minimum atomic E-state index is -3.75. The van der Waals surface area contributed by atoms with Crippen LogP contribution >= 0.6 is 0 Å². The van der Waals surface area contributed by atoms with Gasteiger partial charge in [0.2, 0.25) is 15.9 Å². The number of methoxy groups -OCH3 is 1. The van der Waals surface area contributed by atoms with Crippen molar-refractivity contribution in [2.75, 3.05) is 27.2 Å². The summed E-state index contributed by atoms with van der Waals surface area (Å²) in [4.78, 5) is 15.6. The van der Waals surface area contributed by atoms with Crippen molar-refractivity contribution < 1.29 is 17.9 Å². The lowest BCUT2D eigenvalue weighted by Gasteiger charge is -2.30. The molecule has 1 fully saturated rings. The molecule has 1 aliphatic rings. The number of ether oxygens (including phenoxy) is 1. The van der Waals surface area contributed by atoms with Crippen LogP contribution in [0.4, 0.5) is 0 Å². The van der Waals surface area contributed by atoms with Crippen molar-refractivity contribution in [2.45, 2.75) is 43.2 Å². The normalized spacial score (nSPS) is 16.6. The highest BCUT2D eigenvalue weighted by Gasteiger charge is 2.29. The Labute approximate surface area is 184 Å². The molecule has 0 aromatic heterocycles. The first-order chi connectivity index (χ1) is 14.9. The number of carbonyl (C=O) groups is 1. The lowest BCUT2D eigenvalue weighted by Crippen LogP contribution is -2.49. The molecule has 1 saturated heterocycles. The third-order valence-electron chi connectivity index (χ3n) is 5.80. The summed E-state index contributed by atoms with van der Waals surface area (Å²) in [6.07, 6.45) is 2.78. The van der Waals surface area contributed by atoms with E-state index in [4.69, 9.17) is 4.74 Å². The Balaban J connectivity index is 1.85. The Kier molecular flexibility index (Phi) is 7.69. The summed E-state index contributed by atoms with van der Waals surface area (Å²) in [5.74, 6) is -0.431.